The normalized spacial score (nSPS) is 10.0. The number of hydrogen-bond acceptors (Lipinski definition) is 4. The topological polar surface area (TPSA) is 110 Å². The molecule has 1 aromatic rings. The molecule has 0 fully saturated rings. The molecule has 7 heteroatoms. The van der Waals surface area contributed by atoms with Gasteiger partial charge in [0.05, 0.1) is 12.3 Å². The molecular formula is C12H16N2O5. The quantitative estimate of drug-likeness (QED) is 0.594. The SMILES string of the molecule is CCN(CCO)C(=O)Nc1cccc(C(=O)O)c1O. The molecule has 0 aromatic heterocycles. The zero-order valence-corrected chi connectivity index (χ0v) is 10.5. The molecule has 7 nitrogen and oxygen atoms in total. The number of nitrogens with zero attached hydrogens (tertiary/aromatic N) is 1. The molecule has 4 N–H and O–H groups in total. The third-order valence-corrected chi connectivity index (χ3v) is 2.55. The Morgan fingerprint density at radius 1 is 1.37 bits per heavy atom. The summed E-state index contributed by atoms with van der Waals surface area (Å²) in [6.07, 6.45) is 0. The molecule has 0 radical (unpaired) electrons. The van der Waals surface area contributed by atoms with Crippen LogP contribution in [-0.2, 0) is 0 Å². The molecule has 0 heterocycles. The van der Waals surface area contributed by atoms with Gasteiger partial charge in [-0.25, -0.2) is 9.59 Å². The summed E-state index contributed by atoms with van der Waals surface area (Å²) < 4.78 is 0. The molecule has 0 aliphatic carbocycles. The van der Waals surface area contributed by atoms with Gasteiger partial charge in [0, 0.05) is 13.1 Å². The van der Waals surface area contributed by atoms with E-state index in [-0.39, 0.29) is 24.4 Å². The van der Waals surface area contributed by atoms with Gasteiger partial charge in [-0.05, 0) is 19.1 Å². The largest absolute Gasteiger partial charge is 0.505 e. The predicted octanol–water partition coefficient (Wildman–Crippen LogP) is 0.937. The number of carboxylic acid groups (broad SMARTS) is 1. The molecule has 1 aromatic carbocycles. The van der Waals surface area contributed by atoms with E-state index in [0.717, 1.165) is 0 Å². The average Bonchev–Trinajstić information content (AvgIpc) is 2.37. The number of hydrogen-bond donors (Lipinski definition) is 4. The number of anilines is 1. The number of rotatable bonds is 5. The van der Waals surface area contributed by atoms with Crippen molar-refractivity contribution in [2.75, 3.05) is 25.0 Å². The Bertz CT molecular complexity index is 475. The second-order valence-electron chi connectivity index (χ2n) is 3.74. The molecule has 1 rings (SSSR count). The number of aromatic hydroxyl groups is 1. The number of aromatic carboxylic acids is 1. The zero-order chi connectivity index (χ0) is 14.4. The monoisotopic (exact) mass is 268 g/mol. The highest BCUT2D eigenvalue weighted by Gasteiger charge is 2.17. The van der Waals surface area contributed by atoms with Crippen LogP contribution in [0.2, 0.25) is 0 Å². The van der Waals surface area contributed by atoms with Crippen molar-refractivity contribution in [1.82, 2.24) is 4.90 Å². The summed E-state index contributed by atoms with van der Waals surface area (Å²) in [6.45, 7) is 2.10. The summed E-state index contributed by atoms with van der Waals surface area (Å²) >= 11 is 0. The molecule has 0 aliphatic heterocycles. The first-order valence-corrected chi connectivity index (χ1v) is 5.73. The molecule has 2 amide bonds. The molecule has 0 saturated carbocycles. The summed E-state index contributed by atoms with van der Waals surface area (Å²) in [5.41, 5.74) is -0.274. The van der Waals surface area contributed by atoms with Crippen molar-refractivity contribution < 1.29 is 24.9 Å². The van der Waals surface area contributed by atoms with Gasteiger partial charge >= 0.3 is 12.0 Å². The van der Waals surface area contributed by atoms with Gasteiger partial charge in [-0.15, -0.1) is 0 Å². The van der Waals surface area contributed by atoms with Gasteiger partial charge in [0.15, 0.2) is 5.75 Å². The number of phenols is 1. The second kappa shape index (κ2) is 6.60. The van der Waals surface area contributed by atoms with Crippen LogP contribution in [0.1, 0.15) is 17.3 Å². The fourth-order valence-electron chi connectivity index (χ4n) is 1.54. The van der Waals surface area contributed by atoms with Crippen molar-refractivity contribution in [3.63, 3.8) is 0 Å². The van der Waals surface area contributed by atoms with E-state index in [1.54, 1.807) is 6.92 Å². The van der Waals surface area contributed by atoms with E-state index in [9.17, 15) is 14.7 Å². The van der Waals surface area contributed by atoms with E-state index < -0.39 is 17.7 Å². The van der Waals surface area contributed by atoms with Crippen LogP contribution < -0.4 is 5.32 Å². The van der Waals surface area contributed by atoms with E-state index in [1.807, 2.05) is 0 Å². The minimum Gasteiger partial charge on any atom is -0.505 e. The fourth-order valence-corrected chi connectivity index (χ4v) is 1.54. The molecule has 0 saturated heterocycles. The Balaban J connectivity index is 2.90. The standard InChI is InChI=1S/C12H16N2O5/c1-2-14(6-7-15)12(19)13-9-5-3-4-8(10(9)16)11(17)18/h3-5,15-16H,2,6-7H2,1H3,(H,13,19)(H,17,18). The molecule has 0 spiro atoms. The van der Waals surface area contributed by atoms with E-state index in [0.29, 0.717) is 6.54 Å². The number of benzene rings is 1. The van der Waals surface area contributed by atoms with E-state index in [2.05, 4.69) is 5.32 Å². The molecular weight excluding hydrogens is 252 g/mol. The Morgan fingerprint density at radius 3 is 2.58 bits per heavy atom. The number of para-hydroxylation sites is 1. The Morgan fingerprint density at radius 2 is 2.05 bits per heavy atom. The van der Waals surface area contributed by atoms with Crippen molar-refractivity contribution in [1.29, 1.82) is 0 Å². The third kappa shape index (κ3) is 3.59. The van der Waals surface area contributed by atoms with E-state index in [1.165, 1.54) is 23.1 Å². The first-order valence-electron chi connectivity index (χ1n) is 5.73. The number of aliphatic hydroxyl groups excluding tert-OH is 1. The van der Waals surface area contributed by atoms with Crippen molar-refractivity contribution >= 4 is 17.7 Å². The maximum atomic E-state index is 11.8. The van der Waals surface area contributed by atoms with Gasteiger partial charge in [0.1, 0.15) is 5.56 Å². The van der Waals surface area contributed by atoms with E-state index >= 15 is 0 Å². The average molecular weight is 268 g/mol. The highest BCUT2D eigenvalue weighted by atomic mass is 16.4. The first kappa shape index (κ1) is 14.8. The summed E-state index contributed by atoms with van der Waals surface area (Å²) in [7, 11) is 0. The summed E-state index contributed by atoms with van der Waals surface area (Å²) in [6, 6.07) is 3.53. The van der Waals surface area contributed by atoms with Crippen LogP contribution in [0.4, 0.5) is 10.5 Å². The summed E-state index contributed by atoms with van der Waals surface area (Å²) in [5.74, 6) is -1.78. The number of carboxylic acids is 1. The number of likely N-dealkylation sites (N-methyl/N-ethyl adjacent to an activating group) is 1. The molecule has 0 bridgehead atoms. The first-order chi connectivity index (χ1) is 9.01. The van der Waals surface area contributed by atoms with Crippen LogP contribution in [-0.4, -0.2) is 51.9 Å². The van der Waals surface area contributed by atoms with Crippen molar-refractivity contribution in [3.8, 4) is 5.75 Å². The lowest BCUT2D eigenvalue weighted by Gasteiger charge is -2.20. The van der Waals surface area contributed by atoms with Crippen LogP contribution >= 0.6 is 0 Å². The van der Waals surface area contributed by atoms with Crippen molar-refractivity contribution in [2.24, 2.45) is 0 Å². The van der Waals surface area contributed by atoms with Gasteiger partial charge < -0.3 is 25.5 Å². The molecule has 0 atom stereocenters. The molecule has 19 heavy (non-hydrogen) atoms. The smallest absolute Gasteiger partial charge is 0.339 e. The van der Waals surface area contributed by atoms with Crippen LogP contribution in [0.15, 0.2) is 18.2 Å². The fraction of sp³-hybridized carbons (Fsp3) is 0.333. The zero-order valence-electron chi connectivity index (χ0n) is 10.5. The van der Waals surface area contributed by atoms with Gasteiger partial charge in [-0.2, -0.15) is 0 Å². The number of carbonyl (C=O) groups excluding carboxylic acids is 1. The lowest BCUT2D eigenvalue weighted by molar-refractivity contribution is 0.0693. The maximum Gasteiger partial charge on any atom is 0.339 e. The van der Waals surface area contributed by atoms with Gasteiger partial charge in [-0.1, -0.05) is 6.07 Å². The Labute approximate surface area is 110 Å². The third-order valence-electron chi connectivity index (χ3n) is 2.55. The number of nitrogens with one attached hydrogen (secondary N) is 1. The lowest BCUT2D eigenvalue weighted by atomic mass is 10.1. The summed E-state index contributed by atoms with van der Waals surface area (Å²) in [5, 5.41) is 29.8. The van der Waals surface area contributed by atoms with Crippen LogP contribution in [0, 0.1) is 0 Å². The predicted molar refractivity (Wildman–Crippen MR) is 68.4 cm³/mol. The lowest BCUT2D eigenvalue weighted by Crippen LogP contribution is -2.36. The van der Waals surface area contributed by atoms with Crippen molar-refractivity contribution in [2.45, 2.75) is 6.92 Å². The number of aliphatic hydroxyl groups is 1. The minimum absolute atomic E-state index is 0.0151. The van der Waals surface area contributed by atoms with Gasteiger partial charge in [-0.3, -0.25) is 0 Å². The second-order valence-corrected chi connectivity index (χ2v) is 3.74. The molecule has 0 aliphatic rings. The Hall–Kier alpha value is -2.28. The highest BCUT2D eigenvalue weighted by molar-refractivity contribution is 5.97. The van der Waals surface area contributed by atoms with Crippen LogP contribution in [0.25, 0.3) is 0 Å². The maximum absolute atomic E-state index is 11.8. The number of carbonyl (C=O) groups is 2. The molecule has 104 valence electrons. The van der Waals surface area contributed by atoms with Crippen LogP contribution in [0.5, 0.6) is 5.75 Å². The Kier molecular flexibility index (Phi) is 5.13. The van der Waals surface area contributed by atoms with Crippen LogP contribution in [0.3, 0.4) is 0 Å². The summed E-state index contributed by atoms with van der Waals surface area (Å²) in [4.78, 5) is 24.0. The minimum atomic E-state index is -1.28. The van der Waals surface area contributed by atoms with E-state index in [4.69, 9.17) is 10.2 Å². The highest BCUT2D eigenvalue weighted by Crippen LogP contribution is 2.27. The van der Waals surface area contributed by atoms with Crippen molar-refractivity contribution in [3.05, 3.63) is 23.8 Å². The van der Waals surface area contributed by atoms with Gasteiger partial charge in [0.25, 0.3) is 0 Å². The number of urea groups is 1. The number of amides is 2. The van der Waals surface area contributed by atoms with Gasteiger partial charge in [0.2, 0.25) is 0 Å². The molecule has 0 unspecified atom stereocenters.